The molecule has 0 atom stereocenters. The lowest BCUT2D eigenvalue weighted by Gasteiger charge is -2.20. The number of hydrogen-bond acceptors (Lipinski definition) is 6. The van der Waals surface area contributed by atoms with Gasteiger partial charge in [-0.2, -0.15) is 4.31 Å². The Bertz CT molecular complexity index is 979. The lowest BCUT2D eigenvalue weighted by molar-refractivity contribution is -0.118. The van der Waals surface area contributed by atoms with Gasteiger partial charge in [0.15, 0.2) is 18.1 Å². The second-order valence-electron chi connectivity index (χ2n) is 7.17. The topological polar surface area (TPSA) is 94.2 Å². The summed E-state index contributed by atoms with van der Waals surface area (Å²) in [5, 5.41) is 2.69. The molecule has 1 heterocycles. The van der Waals surface area contributed by atoms with E-state index in [-0.39, 0.29) is 11.5 Å². The van der Waals surface area contributed by atoms with Crippen LogP contribution in [-0.2, 0) is 14.8 Å². The summed E-state index contributed by atoms with van der Waals surface area (Å²) in [6, 6.07) is 11.4. The maximum atomic E-state index is 13.0. The SMILES string of the molecule is COc1cccc(OC)c1OCC(=O)Nc1cccc(S(=O)(=O)N2CCCCCC2)c1. The average Bonchev–Trinajstić information content (AvgIpc) is 3.08. The summed E-state index contributed by atoms with van der Waals surface area (Å²) in [6.07, 6.45) is 3.80. The number of nitrogens with one attached hydrogen (secondary N) is 1. The summed E-state index contributed by atoms with van der Waals surface area (Å²) in [4.78, 5) is 12.6. The van der Waals surface area contributed by atoms with E-state index in [1.54, 1.807) is 36.4 Å². The minimum absolute atomic E-state index is 0.166. The number of para-hydroxylation sites is 1. The van der Waals surface area contributed by atoms with Gasteiger partial charge in [0.2, 0.25) is 15.8 Å². The first kappa shape index (κ1) is 22.9. The van der Waals surface area contributed by atoms with Gasteiger partial charge >= 0.3 is 0 Å². The third kappa shape index (κ3) is 5.68. The van der Waals surface area contributed by atoms with Gasteiger partial charge in [-0.3, -0.25) is 4.79 Å². The van der Waals surface area contributed by atoms with Crippen LogP contribution in [-0.4, -0.2) is 52.5 Å². The molecule has 0 unspecified atom stereocenters. The van der Waals surface area contributed by atoms with Crippen molar-refractivity contribution in [2.24, 2.45) is 0 Å². The molecule has 2 aromatic rings. The number of nitrogens with zero attached hydrogens (tertiary/aromatic N) is 1. The van der Waals surface area contributed by atoms with Gasteiger partial charge in [-0.25, -0.2) is 8.42 Å². The van der Waals surface area contributed by atoms with Crippen LogP contribution in [0.15, 0.2) is 47.4 Å². The second kappa shape index (κ2) is 10.5. The zero-order valence-electron chi connectivity index (χ0n) is 17.8. The molecule has 0 aliphatic carbocycles. The van der Waals surface area contributed by atoms with E-state index in [2.05, 4.69) is 5.32 Å². The Hall–Kier alpha value is -2.78. The highest BCUT2D eigenvalue weighted by molar-refractivity contribution is 7.89. The predicted molar refractivity (Wildman–Crippen MR) is 117 cm³/mol. The first-order chi connectivity index (χ1) is 15.0. The molecule has 3 rings (SSSR count). The summed E-state index contributed by atoms with van der Waals surface area (Å²) < 4.78 is 43.6. The molecule has 31 heavy (non-hydrogen) atoms. The number of ether oxygens (including phenoxy) is 3. The van der Waals surface area contributed by atoms with E-state index in [1.807, 2.05) is 0 Å². The van der Waals surface area contributed by atoms with Gasteiger partial charge < -0.3 is 19.5 Å². The normalized spacial score (nSPS) is 15.0. The lowest BCUT2D eigenvalue weighted by atomic mass is 10.2. The minimum Gasteiger partial charge on any atom is -0.493 e. The molecule has 1 saturated heterocycles. The fourth-order valence-electron chi connectivity index (χ4n) is 3.46. The van der Waals surface area contributed by atoms with Gasteiger partial charge in [-0.15, -0.1) is 0 Å². The van der Waals surface area contributed by atoms with Crippen molar-refractivity contribution in [3.63, 3.8) is 0 Å². The molecular weight excluding hydrogens is 420 g/mol. The molecule has 1 N–H and O–H groups in total. The van der Waals surface area contributed by atoms with Crippen molar-refractivity contribution < 1.29 is 27.4 Å². The van der Waals surface area contributed by atoms with Crippen molar-refractivity contribution in [1.82, 2.24) is 4.31 Å². The molecule has 1 fully saturated rings. The van der Waals surface area contributed by atoms with Crippen molar-refractivity contribution in [3.8, 4) is 17.2 Å². The fourth-order valence-corrected chi connectivity index (χ4v) is 5.02. The van der Waals surface area contributed by atoms with Gasteiger partial charge in [0.05, 0.1) is 19.1 Å². The van der Waals surface area contributed by atoms with Crippen LogP contribution in [0.3, 0.4) is 0 Å². The number of carbonyl (C=O) groups excluding carboxylic acids is 1. The van der Waals surface area contributed by atoms with Gasteiger partial charge in [-0.05, 0) is 43.2 Å². The minimum atomic E-state index is -3.60. The zero-order valence-corrected chi connectivity index (χ0v) is 18.6. The molecule has 1 aliphatic heterocycles. The molecule has 9 heteroatoms. The Morgan fingerprint density at radius 2 is 1.58 bits per heavy atom. The molecule has 8 nitrogen and oxygen atoms in total. The Morgan fingerprint density at radius 3 is 2.19 bits per heavy atom. The molecule has 0 saturated carbocycles. The summed E-state index contributed by atoms with van der Waals surface area (Å²) >= 11 is 0. The first-order valence-corrected chi connectivity index (χ1v) is 11.6. The summed E-state index contributed by atoms with van der Waals surface area (Å²) in [5.74, 6) is 0.771. The lowest BCUT2D eigenvalue weighted by Crippen LogP contribution is -2.32. The Kier molecular flexibility index (Phi) is 7.75. The summed E-state index contributed by atoms with van der Waals surface area (Å²) in [6.45, 7) is 0.751. The fraction of sp³-hybridized carbons (Fsp3) is 0.409. The van der Waals surface area contributed by atoms with Gasteiger partial charge in [0.25, 0.3) is 5.91 Å². The van der Waals surface area contributed by atoms with Gasteiger partial charge in [0, 0.05) is 18.8 Å². The van der Waals surface area contributed by atoms with Crippen LogP contribution in [0.25, 0.3) is 0 Å². The number of amides is 1. The summed E-state index contributed by atoms with van der Waals surface area (Å²) in [7, 11) is -0.603. The summed E-state index contributed by atoms with van der Waals surface area (Å²) in [5.41, 5.74) is 0.386. The molecule has 0 aromatic heterocycles. The molecule has 0 bridgehead atoms. The quantitative estimate of drug-likeness (QED) is 0.666. The first-order valence-electron chi connectivity index (χ1n) is 10.2. The van der Waals surface area contributed by atoms with Crippen LogP contribution in [0.4, 0.5) is 5.69 Å². The number of sulfonamides is 1. The van der Waals surface area contributed by atoms with E-state index in [9.17, 15) is 13.2 Å². The second-order valence-corrected chi connectivity index (χ2v) is 9.11. The van der Waals surface area contributed by atoms with Gasteiger partial charge in [0.1, 0.15) is 0 Å². The van der Waals surface area contributed by atoms with E-state index >= 15 is 0 Å². The van der Waals surface area contributed by atoms with Crippen molar-refractivity contribution >= 4 is 21.6 Å². The molecule has 1 aliphatic rings. The van der Waals surface area contributed by atoms with Crippen LogP contribution in [0.1, 0.15) is 25.7 Å². The van der Waals surface area contributed by atoms with Crippen molar-refractivity contribution in [2.75, 3.05) is 39.2 Å². The zero-order chi connectivity index (χ0) is 22.3. The van der Waals surface area contributed by atoms with E-state index in [1.165, 1.54) is 24.6 Å². The van der Waals surface area contributed by atoms with Crippen LogP contribution < -0.4 is 19.5 Å². The highest BCUT2D eigenvalue weighted by atomic mass is 32.2. The maximum absolute atomic E-state index is 13.0. The predicted octanol–water partition coefficient (Wildman–Crippen LogP) is 3.29. The monoisotopic (exact) mass is 448 g/mol. The molecule has 0 radical (unpaired) electrons. The van der Waals surface area contributed by atoms with Crippen molar-refractivity contribution in [3.05, 3.63) is 42.5 Å². The van der Waals surface area contributed by atoms with Crippen molar-refractivity contribution in [2.45, 2.75) is 30.6 Å². The Balaban J connectivity index is 1.68. The number of methoxy groups -OCH3 is 2. The van der Waals surface area contributed by atoms with E-state index in [4.69, 9.17) is 14.2 Å². The molecule has 2 aromatic carbocycles. The Morgan fingerprint density at radius 1 is 0.968 bits per heavy atom. The highest BCUT2D eigenvalue weighted by Gasteiger charge is 2.25. The number of anilines is 1. The van der Waals surface area contributed by atoms with Crippen molar-refractivity contribution in [1.29, 1.82) is 0 Å². The third-order valence-corrected chi connectivity index (χ3v) is 6.95. The highest BCUT2D eigenvalue weighted by Crippen LogP contribution is 2.36. The van der Waals surface area contributed by atoms with E-state index in [0.717, 1.165) is 25.7 Å². The van der Waals surface area contributed by atoms with E-state index in [0.29, 0.717) is 36.0 Å². The van der Waals surface area contributed by atoms with Crippen LogP contribution in [0.2, 0.25) is 0 Å². The molecule has 1 amide bonds. The standard InChI is InChI=1S/C22H28N2O6S/c1-28-19-11-8-12-20(29-2)22(19)30-16-21(25)23-17-9-7-10-18(15-17)31(26,27)24-13-5-3-4-6-14-24/h7-12,15H,3-6,13-14,16H2,1-2H3,(H,23,25). The number of carbonyl (C=O) groups is 1. The average molecular weight is 449 g/mol. The number of benzene rings is 2. The molecule has 0 spiro atoms. The molecular formula is C22H28N2O6S. The Labute approximate surface area is 183 Å². The number of hydrogen-bond donors (Lipinski definition) is 1. The van der Waals surface area contributed by atoms with Crippen LogP contribution in [0.5, 0.6) is 17.2 Å². The van der Waals surface area contributed by atoms with Crippen LogP contribution >= 0.6 is 0 Å². The maximum Gasteiger partial charge on any atom is 0.262 e. The van der Waals surface area contributed by atoms with Crippen LogP contribution in [0, 0.1) is 0 Å². The van der Waals surface area contributed by atoms with E-state index < -0.39 is 15.9 Å². The molecule has 168 valence electrons. The smallest absolute Gasteiger partial charge is 0.262 e. The largest absolute Gasteiger partial charge is 0.493 e. The number of rotatable bonds is 8. The van der Waals surface area contributed by atoms with Gasteiger partial charge in [-0.1, -0.05) is 25.0 Å². The third-order valence-electron chi connectivity index (χ3n) is 5.05.